The summed E-state index contributed by atoms with van der Waals surface area (Å²) in [6.45, 7) is 1.59. The molecule has 0 radical (unpaired) electrons. The summed E-state index contributed by atoms with van der Waals surface area (Å²) in [5.74, 6) is 0.408. The summed E-state index contributed by atoms with van der Waals surface area (Å²) < 4.78 is 5.66. The molecule has 3 atom stereocenters. The summed E-state index contributed by atoms with van der Waals surface area (Å²) in [5, 5.41) is 0. The van der Waals surface area contributed by atoms with Crippen molar-refractivity contribution in [1.82, 2.24) is 4.90 Å². The van der Waals surface area contributed by atoms with Gasteiger partial charge in [-0.1, -0.05) is 0 Å². The molecule has 3 unspecified atom stereocenters. The van der Waals surface area contributed by atoms with Crippen LogP contribution < -0.4 is 5.73 Å². The quantitative estimate of drug-likeness (QED) is 0.805. The van der Waals surface area contributed by atoms with Crippen molar-refractivity contribution in [3.63, 3.8) is 0 Å². The third kappa shape index (κ3) is 3.42. The van der Waals surface area contributed by atoms with Crippen LogP contribution in [-0.2, 0) is 9.53 Å². The first-order valence-electron chi connectivity index (χ1n) is 6.79. The average molecular weight is 240 g/mol. The maximum atomic E-state index is 12.2. The molecule has 2 N–H and O–H groups in total. The van der Waals surface area contributed by atoms with Gasteiger partial charge in [0.05, 0.1) is 6.10 Å². The number of nitrogens with zero attached hydrogens (tertiary/aromatic N) is 1. The molecule has 17 heavy (non-hydrogen) atoms. The van der Waals surface area contributed by atoms with E-state index in [2.05, 4.69) is 0 Å². The maximum Gasteiger partial charge on any atom is 0.225 e. The van der Waals surface area contributed by atoms with E-state index in [0.717, 1.165) is 45.3 Å². The molecule has 0 aromatic heterocycles. The Morgan fingerprint density at radius 2 is 2.18 bits per heavy atom. The summed E-state index contributed by atoms with van der Waals surface area (Å²) in [6.07, 6.45) is 6.51. The second-order valence-corrected chi connectivity index (χ2v) is 5.48. The van der Waals surface area contributed by atoms with Gasteiger partial charge in [0.25, 0.3) is 0 Å². The van der Waals surface area contributed by atoms with E-state index in [1.54, 1.807) is 0 Å². The predicted molar refractivity (Wildman–Crippen MR) is 66.5 cm³/mol. The molecule has 1 saturated carbocycles. The van der Waals surface area contributed by atoms with E-state index in [1.807, 2.05) is 11.9 Å². The van der Waals surface area contributed by atoms with E-state index in [4.69, 9.17) is 10.5 Å². The zero-order valence-electron chi connectivity index (χ0n) is 10.7. The van der Waals surface area contributed by atoms with Crippen LogP contribution in [0.1, 0.15) is 38.5 Å². The number of ether oxygens (including phenoxy) is 1. The van der Waals surface area contributed by atoms with Gasteiger partial charge in [-0.15, -0.1) is 0 Å². The van der Waals surface area contributed by atoms with Crippen molar-refractivity contribution in [1.29, 1.82) is 0 Å². The highest BCUT2D eigenvalue weighted by Gasteiger charge is 2.30. The second-order valence-electron chi connectivity index (χ2n) is 5.48. The molecular formula is C13H24N2O2. The van der Waals surface area contributed by atoms with Crippen LogP contribution in [0, 0.1) is 5.92 Å². The smallest absolute Gasteiger partial charge is 0.225 e. The Hall–Kier alpha value is -0.610. The molecule has 2 aliphatic rings. The van der Waals surface area contributed by atoms with Crippen molar-refractivity contribution < 1.29 is 9.53 Å². The van der Waals surface area contributed by atoms with Gasteiger partial charge >= 0.3 is 0 Å². The molecule has 0 aromatic rings. The molecule has 0 aromatic carbocycles. The minimum Gasteiger partial charge on any atom is -0.376 e. The molecule has 1 amide bonds. The van der Waals surface area contributed by atoms with Gasteiger partial charge in [-0.2, -0.15) is 0 Å². The van der Waals surface area contributed by atoms with Crippen LogP contribution in [0.5, 0.6) is 0 Å². The highest BCUT2D eigenvalue weighted by Crippen LogP contribution is 2.26. The lowest BCUT2D eigenvalue weighted by molar-refractivity contribution is -0.136. The van der Waals surface area contributed by atoms with Crippen LogP contribution in [0.3, 0.4) is 0 Å². The first-order valence-corrected chi connectivity index (χ1v) is 6.79. The predicted octanol–water partition coefficient (Wildman–Crippen LogP) is 1.14. The zero-order chi connectivity index (χ0) is 12.3. The molecule has 1 saturated heterocycles. The number of amides is 1. The normalized spacial score (nSPS) is 33.6. The Balaban J connectivity index is 1.78. The molecule has 0 bridgehead atoms. The number of likely N-dealkylation sites (N-methyl/N-ethyl adjacent to an activating group) is 1. The summed E-state index contributed by atoms with van der Waals surface area (Å²) in [7, 11) is 1.89. The lowest BCUT2D eigenvalue weighted by Crippen LogP contribution is -2.39. The molecule has 4 nitrogen and oxygen atoms in total. The number of hydrogen-bond donors (Lipinski definition) is 1. The molecule has 2 rings (SSSR count). The summed E-state index contributed by atoms with van der Waals surface area (Å²) in [4.78, 5) is 14.0. The van der Waals surface area contributed by atoms with E-state index in [1.165, 1.54) is 6.42 Å². The van der Waals surface area contributed by atoms with Gasteiger partial charge in [0.15, 0.2) is 0 Å². The fraction of sp³-hybridized carbons (Fsp3) is 0.923. The first kappa shape index (κ1) is 12.8. The number of carbonyl (C=O) groups is 1. The SMILES string of the molecule is CN(CC1CCCCO1)C(=O)C1CCC(N)C1. The Morgan fingerprint density at radius 3 is 2.76 bits per heavy atom. The van der Waals surface area contributed by atoms with E-state index >= 15 is 0 Å². The van der Waals surface area contributed by atoms with Gasteiger partial charge in [-0.25, -0.2) is 0 Å². The van der Waals surface area contributed by atoms with Crippen LogP contribution >= 0.6 is 0 Å². The van der Waals surface area contributed by atoms with Crippen LogP contribution in [0.4, 0.5) is 0 Å². The van der Waals surface area contributed by atoms with Crippen molar-refractivity contribution >= 4 is 5.91 Å². The second kappa shape index (κ2) is 5.83. The lowest BCUT2D eigenvalue weighted by atomic mass is 10.0. The average Bonchev–Trinajstić information content (AvgIpc) is 2.76. The third-order valence-corrected chi connectivity index (χ3v) is 3.95. The van der Waals surface area contributed by atoms with E-state index in [9.17, 15) is 4.79 Å². The van der Waals surface area contributed by atoms with Gasteiger partial charge in [0.2, 0.25) is 5.91 Å². The topological polar surface area (TPSA) is 55.6 Å². The van der Waals surface area contributed by atoms with E-state index in [-0.39, 0.29) is 24.0 Å². The van der Waals surface area contributed by atoms with Crippen LogP contribution in [0.15, 0.2) is 0 Å². The molecule has 1 aliphatic carbocycles. The monoisotopic (exact) mass is 240 g/mol. The fourth-order valence-electron chi connectivity index (χ4n) is 2.90. The zero-order valence-corrected chi connectivity index (χ0v) is 10.7. The molecule has 98 valence electrons. The van der Waals surface area contributed by atoms with Crippen molar-refractivity contribution in [2.24, 2.45) is 11.7 Å². The highest BCUT2D eigenvalue weighted by molar-refractivity contribution is 5.79. The molecule has 2 fully saturated rings. The fourth-order valence-corrected chi connectivity index (χ4v) is 2.90. The first-order chi connectivity index (χ1) is 8.16. The van der Waals surface area contributed by atoms with E-state index < -0.39 is 0 Å². The van der Waals surface area contributed by atoms with Crippen LogP contribution in [-0.4, -0.2) is 43.2 Å². The van der Waals surface area contributed by atoms with Gasteiger partial charge in [0.1, 0.15) is 0 Å². The van der Waals surface area contributed by atoms with Gasteiger partial charge in [-0.05, 0) is 38.5 Å². The van der Waals surface area contributed by atoms with E-state index in [0.29, 0.717) is 0 Å². The summed E-state index contributed by atoms with van der Waals surface area (Å²) in [5.41, 5.74) is 5.85. The number of hydrogen-bond acceptors (Lipinski definition) is 3. The number of carbonyl (C=O) groups excluding carboxylic acids is 1. The molecule has 0 spiro atoms. The highest BCUT2D eigenvalue weighted by atomic mass is 16.5. The van der Waals surface area contributed by atoms with Crippen molar-refractivity contribution in [3.8, 4) is 0 Å². The minimum atomic E-state index is 0.151. The molecule has 1 aliphatic heterocycles. The minimum absolute atomic E-state index is 0.151. The lowest BCUT2D eigenvalue weighted by Gasteiger charge is -2.28. The summed E-state index contributed by atoms with van der Waals surface area (Å²) >= 11 is 0. The van der Waals surface area contributed by atoms with Crippen molar-refractivity contribution in [2.75, 3.05) is 20.2 Å². The number of rotatable bonds is 3. The standard InChI is InChI=1S/C13H24N2O2/c1-15(9-12-4-2-3-7-17-12)13(16)10-5-6-11(14)8-10/h10-12H,2-9,14H2,1H3. The van der Waals surface area contributed by atoms with Crippen LogP contribution in [0.25, 0.3) is 0 Å². The largest absolute Gasteiger partial charge is 0.376 e. The molecule has 1 heterocycles. The van der Waals surface area contributed by atoms with Gasteiger partial charge in [0, 0.05) is 32.2 Å². The van der Waals surface area contributed by atoms with Gasteiger partial charge < -0.3 is 15.4 Å². The van der Waals surface area contributed by atoms with Crippen molar-refractivity contribution in [3.05, 3.63) is 0 Å². The third-order valence-electron chi connectivity index (χ3n) is 3.95. The summed E-state index contributed by atoms with van der Waals surface area (Å²) in [6, 6.07) is 0.225. The Morgan fingerprint density at radius 1 is 1.35 bits per heavy atom. The molecule has 4 heteroatoms. The Labute approximate surface area is 103 Å². The Bertz CT molecular complexity index is 264. The van der Waals surface area contributed by atoms with Crippen LogP contribution in [0.2, 0.25) is 0 Å². The molecular weight excluding hydrogens is 216 g/mol. The maximum absolute atomic E-state index is 12.2. The number of nitrogens with two attached hydrogens (primary N) is 1. The Kier molecular flexibility index (Phi) is 4.40. The van der Waals surface area contributed by atoms with Gasteiger partial charge in [-0.3, -0.25) is 4.79 Å². The van der Waals surface area contributed by atoms with Crippen molar-refractivity contribution in [2.45, 2.75) is 50.7 Å².